The molecule has 190 valence electrons. The number of benzene rings is 4. The van der Waals surface area contributed by atoms with Gasteiger partial charge < -0.3 is 10.6 Å². The number of anilines is 1. The number of nitrogens with one attached hydrogen (secondary N) is 2. The van der Waals surface area contributed by atoms with E-state index >= 15 is 0 Å². The van der Waals surface area contributed by atoms with Crippen molar-refractivity contribution in [2.24, 2.45) is 0 Å². The highest BCUT2D eigenvalue weighted by Gasteiger charge is 2.14. The molecule has 0 aliphatic rings. The van der Waals surface area contributed by atoms with Gasteiger partial charge in [-0.15, -0.1) is 0 Å². The number of fused-ring (bicyclic) bond motifs is 1. The van der Waals surface area contributed by atoms with E-state index in [9.17, 15) is 14.0 Å². The largest absolute Gasteiger partial charge is 0.349 e. The van der Waals surface area contributed by atoms with Crippen LogP contribution >= 0.6 is 0 Å². The fourth-order valence-electron chi connectivity index (χ4n) is 4.47. The molecular formula is C31H27FN4O2. The molecule has 0 aliphatic heterocycles. The molecule has 0 spiro atoms. The van der Waals surface area contributed by atoms with Crippen LogP contribution in [0.1, 0.15) is 40.3 Å². The molecule has 5 rings (SSSR count). The third-order valence-electron chi connectivity index (χ3n) is 6.42. The molecule has 0 fully saturated rings. The van der Waals surface area contributed by atoms with Gasteiger partial charge in [-0.2, -0.15) is 0 Å². The van der Waals surface area contributed by atoms with Crippen LogP contribution in [0, 0.1) is 12.7 Å². The smallest absolute Gasteiger partial charge is 0.255 e. The minimum absolute atomic E-state index is 0.0699. The van der Waals surface area contributed by atoms with E-state index in [-0.39, 0.29) is 30.1 Å². The molecule has 5 aromatic rings. The Labute approximate surface area is 220 Å². The summed E-state index contributed by atoms with van der Waals surface area (Å²) in [7, 11) is 0. The molecule has 7 heteroatoms. The van der Waals surface area contributed by atoms with E-state index in [1.54, 1.807) is 42.5 Å². The Kier molecular flexibility index (Phi) is 7.00. The van der Waals surface area contributed by atoms with Crippen molar-refractivity contribution in [1.29, 1.82) is 0 Å². The van der Waals surface area contributed by atoms with Crippen molar-refractivity contribution in [1.82, 2.24) is 14.9 Å². The number of aromatic nitrogens is 2. The van der Waals surface area contributed by atoms with Crippen molar-refractivity contribution in [3.8, 4) is 5.69 Å². The number of rotatable bonds is 7. The number of carbonyl (C=O) groups is 2. The van der Waals surface area contributed by atoms with Crippen LogP contribution in [0.3, 0.4) is 0 Å². The van der Waals surface area contributed by atoms with Crippen molar-refractivity contribution in [3.63, 3.8) is 0 Å². The van der Waals surface area contributed by atoms with Crippen LogP contribution in [-0.2, 0) is 11.2 Å². The van der Waals surface area contributed by atoms with Gasteiger partial charge in [0.1, 0.15) is 11.6 Å². The predicted molar refractivity (Wildman–Crippen MR) is 147 cm³/mol. The summed E-state index contributed by atoms with van der Waals surface area (Å²) in [5.74, 6) is 0.0873. The fourth-order valence-corrected chi connectivity index (χ4v) is 4.47. The highest BCUT2D eigenvalue weighted by Crippen LogP contribution is 2.23. The maximum Gasteiger partial charge on any atom is 0.255 e. The van der Waals surface area contributed by atoms with Crippen molar-refractivity contribution in [3.05, 3.63) is 125 Å². The Morgan fingerprint density at radius 3 is 2.34 bits per heavy atom. The van der Waals surface area contributed by atoms with Crippen molar-refractivity contribution in [2.75, 3.05) is 5.32 Å². The average Bonchev–Trinajstić information content (AvgIpc) is 3.25. The minimum Gasteiger partial charge on any atom is -0.349 e. The van der Waals surface area contributed by atoms with Gasteiger partial charge >= 0.3 is 0 Å². The highest BCUT2D eigenvalue weighted by molar-refractivity contribution is 6.06. The third kappa shape index (κ3) is 5.47. The second-order valence-corrected chi connectivity index (χ2v) is 9.20. The van der Waals surface area contributed by atoms with Crippen LogP contribution in [0.4, 0.5) is 10.1 Å². The number of imidazole rings is 1. The molecule has 1 atom stereocenters. The minimum atomic E-state index is -0.315. The Morgan fingerprint density at radius 2 is 1.63 bits per heavy atom. The van der Waals surface area contributed by atoms with Crippen LogP contribution in [0.2, 0.25) is 0 Å². The van der Waals surface area contributed by atoms with E-state index in [0.717, 1.165) is 33.7 Å². The standard InChI is InChI=1S/C31H27FN4O2/c1-20(23-6-4-3-5-7-23)33-30(37)18-22-8-13-26(14-9-22)35-31(38)24-10-17-28-29(19-24)36(21(2)34-28)27-15-11-25(32)12-16-27/h3-17,19-20H,18H2,1-2H3,(H,33,37)(H,35,38). The molecule has 0 aliphatic carbocycles. The van der Waals surface area contributed by atoms with Gasteiger partial charge in [0.15, 0.2) is 0 Å². The average molecular weight is 507 g/mol. The lowest BCUT2D eigenvalue weighted by molar-refractivity contribution is -0.121. The van der Waals surface area contributed by atoms with Gasteiger partial charge in [-0.3, -0.25) is 14.2 Å². The van der Waals surface area contributed by atoms with Crippen LogP contribution < -0.4 is 10.6 Å². The normalized spacial score (nSPS) is 11.8. The summed E-state index contributed by atoms with van der Waals surface area (Å²) >= 11 is 0. The van der Waals surface area contributed by atoms with E-state index in [2.05, 4.69) is 15.6 Å². The fraction of sp³-hybridized carbons (Fsp3) is 0.129. The number of nitrogens with zero attached hydrogens (tertiary/aromatic N) is 2. The maximum absolute atomic E-state index is 13.4. The SMILES string of the molecule is Cc1nc2ccc(C(=O)Nc3ccc(CC(=O)NC(C)c4ccccc4)cc3)cc2n1-c1ccc(F)cc1. The molecule has 0 bridgehead atoms. The molecule has 0 saturated carbocycles. The number of halogens is 1. The zero-order valence-corrected chi connectivity index (χ0v) is 21.1. The van der Waals surface area contributed by atoms with Crippen molar-refractivity contribution < 1.29 is 14.0 Å². The molecule has 2 amide bonds. The molecule has 0 radical (unpaired) electrons. The first-order valence-electron chi connectivity index (χ1n) is 12.4. The summed E-state index contributed by atoms with van der Waals surface area (Å²) in [5.41, 5.74) is 5.26. The maximum atomic E-state index is 13.4. The first-order valence-corrected chi connectivity index (χ1v) is 12.4. The topological polar surface area (TPSA) is 76.0 Å². The summed E-state index contributed by atoms with van der Waals surface area (Å²) in [5, 5.41) is 5.93. The second-order valence-electron chi connectivity index (χ2n) is 9.20. The van der Waals surface area contributed by atoms with Crippen LogP contribution in [-0.4, -0.2) is 21.4 Å². The van der Waals surface area contributed by atoms with Crippen LogP contribution in [0.25, 0.3) is 16.7 Å². The first kappa shape index (κ1) is 24.9. The van der Waals surface area contributed by atoms with Crippen LogP contribution in [0.5, 0.6) is 0 Å². The Morgan fingerprint density at radius 1 is 0.921 bits per heavy atom. The number of amides is 2. The van der Waals surface area contributed by atoms with Gasteiger partial charge in [0.25, 0.3) is 5.91 Å². The predicted octanol–water partition coefficient (Wildman–Crippen LogP) is 6.15. The van der Waals surface area contributed by atoms with Gasteiger partial charge in [-0.05, 0) is 79.6 Å². The quantitative estimate of drug-likeness (QED) is 0.278. The lowest BCUT2D eigenvalue weighted by Crippen LogP contribution is -2.28. The zero-order chi connectivity index (χ0) is 26.6. The lowest BCUT2D eigenvalue weighted by atomic mass is 10.1. The first-order chi connectivity index (χ1) is 18.4. The molecule has 6 nitrogen and oxygen atoms in total. The highest BCUT2D eigenvalue weighted by atomic mass is 19.1. The number of aryl methyl sites for hydroxylation is 1. The second kappa shape index (κ2) is 10.7. The molecule has 1 heterocycles. The van der Waals surface area contributed by atoms with Crippen molar-refractivity contribution in [2.45, 2.75) is 26.3 Å². The van der Waals surface area contributed by atoms with Gasteiger partial charge in [-0.25, -0.2) is 9.37 Å². The molecule has 38 heavy (non-hydrogen) atoms. The monoisotopic (exact) mass is 506 g/mol. The Bertz CT molecular complexity index is 1590. The molecule has 1 aromatic heterocycles. The number of hydrogen-bond acceptors (Lipinski definition) is 3. The summed E-state index contributed by atoms with van der Waals surface area (Å²) in [4.78, 5) is 30.1. The number of hydrogen-bond donors (Lipinski definition) is 2. The van der Waals surface area contributed by atoms with Gasteiger partial charge in [0, 0.05) is 16.9 Å². The van der Waals surface area contributed by atoms with E-state index in [1.807, 2.05) is 60.9 Å². The van der Waals surface area contributed by atoms with E-state index < -0.39 is 0 Å². The molecule has 0 saturated heterocycles. The zero-order valence-electron chi connectivity index (χ0n) is 21.1. The van der Waals surface area contributed by atoms with Gasteiger partial charge in [-0.1, -0.05) is 42.5 Å². The van der Waals surface area contributed by atoms with E-state index in [0.29, 0.717) is 11.3 Å². The molecule has 4 aromatic carbocycles. The Hall–Kier alpha value is -4.78. The van der Waals surface area contributed by atoms with Crippen molar-refractivity contribution >= 4 is 28.5 Å². The lowest BCUT2D eigenvalue weighted by Gasteiger charge is -2.14. The van der Waals surface area contributed by atoms with E-state index in [4.69, 9.17) is 0 Å². The Balaban J connectivity index is 1.26. The van der Waals surface area contributed by atoms with Crippen LogP contribution in [0.15, 0.2) is 97.1 Å². The molecule has 2 N–H and O–H groups in total. The summed E-state index contributed by atoms with van der Waals surface area (Å²) < 4.78 is 15.3. The van der Waals surface area contributed by atoms with E-state index in [1.165, 1.54) is 12.1 Å². The summed E-state index contributed by atoms with van der Waals surface area (Å²) in [6, 6.07) is 28.4. The third-order valence-corrected chi connectivity index (χ3v) is 6.42. The molecular weight excluding hydrogens is 479 g/mol. The summed E-state index contributed by atoms with van der Waals surface area (Å²) in [6.07, 6.45) is 0.245. The van der Waals surface area contributed by atoms with Gasteiger partial charge in [0.2, 0.25) is 5.91 Å². The summed E-state index contributed by atoms with van der Waals surface area (Å²) in [6.45, 7) is 3.82. The number of carbonyl (C=O) groups excluding carboxylic acids is 2. The molecule has 1 unspecified atom stereocenters. The van der Waals surface area contributed by atoms with Gasteiger partial charge in [0.05, 0.1) is 23.5 Å².